The lowest BCUT2D eigenvalue weighted by Gasteiger charge is -2.39. The first-order valence-electron chi connectivity index (χ1n) is 7.60. The molecule has 3 N–H and O–H groups in total. The van der Waals surface area contributed by atoms with E-state index in [0.717, 1.165) is 31.4 Å². The van der Waals surface area contributed by atoms with Gasteiger partial charge >= 0.3 is 5.97 Å². The molecule has 2 unspecified atom stereocenters. The van der Waals surface area contributed by atoms with Crippen molar-refractivity contribution in [1.29, 1.82) is 0 Å². The van der Waals surface area contributed by atoms with Crippen molar-refractivity contribution in [1.82, 2.24) is 15.5 Å². The number of hydrogen-bond acceptors (Lipinski definition) is 3. The van der Waals surface area contributed by atoms with Gasteiger partial charge in [0.25, 0.3) is 5.91 Å². The van der Waals surface area contributed by atoms with Crippen LogP contribution < -0.4 is 5.32 Å². The number of aromatic amines is 1. The number of rotatable bonds is 4. The molecule has 1 heterocycles. The van der Waals surface area contributed by atoms with Crippen molar-refractivity contribution in [2.75, 3.05) is 0 Å². The molecule has 1 amide bonds. The van der Waals surface area contributed by atoms with Crippen molar-refractivity contribution in [3.8, 4) is 0 Å². The van der Waals surface area contributed by atoms with Crippen LogP contribution >= 0.6 is 0 Å². The highest BCUT2D eigenvalue weighted by atomic mass is 16.4. The third kappa shape index (κ3) is 2.80. The molecule has 0 aromatic carbocycles. The molecule has 114 valence electrons. The third-order valence-electron chi connectivity index (χ3n) is 4.75. The summed E-state index contributed by atoms with van der Waals surface area (Å²) < 4.78 is 0. The van der Waals surface area contributed by atoms with E-state index in [2.05, 4.69) is 15.5 Å². The van der Waals surface area contributed by atoms with E-state index in [0.29, 0.717) is 24.5 Å². The molecule has 6 nitrogen and oxygen atoms in total. The first-order valence-corrected chi connectivity index (χ1v) is 7.60. The van der Waals surface area contributed by atoms with E-state index < -0.39 is 17.4 Å². The second-order valence-corrected chi connectivity index (χ2v) is 6.49. The summed E-state index contributed by atoms with van der Waals surface area (Å²) in [4.78, 5) is 23.8. The Morgan fingerprint density at radius 3 is 2.81 bits per heavy atom. The minimum atomic E-state index is -0.835. The minimum absolute atomic E-state index is 0.284. The van der Waals surface area contributed by atoms with Crippen LogP contribution in [0.1, 0.15) is 67.5 Å². The Kier molecular flexibility index (Phi) is 3.47. The fraction of sp³-hybridized carbons (Fsp3) is 0.667. The van der Waals surface area contributed by atoms with Gasteiger partial charge in [-0.15, -0.1) is 0 Å². The van der Waals surface area contributed by atoms with Gasteiger partial charge < -0.3 is 10.4 Å². The van der Waals surface area contributed by atoms with E-state index in [4.69, 9.17) is 0 Å². The number of aliphatic carboxylic acids is 1. The summed E-state index contributed by atoms with van der Waals surface area (Å²) in [6.07, 6.45) is 5.42. The van der Waals surface area contributed by atoms with Gasteiger partial charge in [0.15, 0.2) is 0 Å². The zero-order valence-corrected chi connectivity index (χ0v) is 12.2. The number of nitrogens with zero attached hydrogens (tertiary/aromatic N) is 1. The van der Waals surface area contributed by atoms with E-state index in [1.54, 1.807) is 6.07 Å². The van der Waals surface area contributed by atoms with Crippen LogP contribution in [-0.4, -0.2) is 32.7 Å². The van der Waals surface area contributed by atoms with Gasteiger partial charge in [0.05, 0.1) is 11.5 Å². The van der Waals surface area contributed by atoms with Gasteiger partial charge in [-0.25, -0.2) is 0 Å². The van der Waals surface area contributed by atoms with Gasteiger partial charge in [0, 0.05) is 11.6 Å². The molecule has 2 aliphatic carbocycles. The lowest BCUT2D eigenvalue weighted by Crippen LogP contribution is -2.55. The van der Waals surface area contributed by atoms with Gasteiger partial charge in [-0.1, -0.05) is 12.8 Å². The molecular weight excluding hydrogens is 270 g/mol. The number of carboxylic acids is 1. The number of carboxylic acid groups (broad SMARTS) is 1. The fourth-order valence-electron chi connectivity index (χ4n) is 3.26. The molecule has 0 bridgehead atoms. The first-order chi connectivity index (χ1) is 9.99. The Labute approximate surface area is 123 Å². The lowest BCUT2D eigenvalue weighted by molar-refractivity contribution is -0.145. The Bertz CT molecular complexity index is 564. The molecule has 0 spiro atoms. The van der Waals surface area contributed by atoms with Crippen molar-refractivity contribution >= 4 is 11.9 Å². The van der Waals surface area contributed by atoms with Crippen molar-refractivity contribution < 1.29 is 14.7 Å². The normalized spacial score (nSPS) is 29.1. The van der Waals surface area contributed by atoms with Crippen LogP contribution in [0.3, 0.4) is 0 Å². The SMILES string of the molecule is CC1(NC(=O)c2cc(C3CC3)[nH]n2)CCCCC1C(=O)O. The lowest BCUT2D eigenvalue weighted by atomic mass is 9.74. The average molecular weight is 291 g/mol. The maximum absolute atomic E-state index is 12.4. The summed E-state index contributed by atoms with van der Waals surface area (Å²) >= 11 is 0. The molecule has 2 aliphatic rings. The summed E-state index contributed by atoms with van der Waals surface area (Å²) in [7, 11) is 0. The molecule has 1 aromatic rings. The quantitative estimate of drug-likeness (QED) is 0.791. The molecule has 6 heteroatoms. The summed E-state index contributed by atoms with van der Waals surface area (Å²) in [5, 5.41) is 19.2. The monoisotopic (exact) mass is 291 g/mol. The van der Waals surface area contributed by atoms with E-state index >= 15 is 0 Å². The Morgan fingerprint density at radius 2 is 2.14 bits per heavy atom. The summed E-state index contributed by atoms with van der Waals surface area (Å²) in [5.74, 6) is -1.14. The van der Waals surface area contributed by atoms with Crippen molar-refractivity contribution in [2.45, 2.75) is 56.9 Å². The smallest absolute Gasteiger partial charge is 0.308 e. The summed E-state index contributed by atoms with van der Waals surface area (Å²) in [6.45, 7) is 1.83. The average Bonchev–Trinajstić information content (AvgIpc) is 3.15. The maximum atomic E-state index is 12.4. The van der Waals surface area contributed by atoms with Gasteiger partial charge in [-0.2, -0.15) is 5.10 Å². The van der Waals surface area contributed by atoms with Gasteiger partial charge in [0.1, 0.15) is 5.69 Å². The highest BCUT2D eigenvalue weighted by Crippen LogP contribution is 2.39. The molecule has 2 fully saturated rings. The highest BCUT2D eigenvalue weighted by molar-refractivity contribution is 5.93. The molecule has 0 saturated heterocycles. The largest absolute Gasteiger partial charge is 0.481 e. The third-order valence-corrected chi connectivity index (χ3v) is 4.75. The zero-order valence-electron chi connectivity index (χ0n) is 12.2. The number of nitrogens with one attached hydrogen (secondary N) is 2. The molecule has 0 aliphatic heterocycles. The van der Waals surface area contributed by atoms with Crippen molar-refractivity contribution in [3.05, 3.63) is 17.5 Å². The topological polar surface area (TPSA) is 95.1 Å². The Balaban J connectivity index is 1.73. The van der Waals surface area contributed by atoms with Crippen LogP contribution in [0.2, 0.25) is 0 Å². The molecule has 0 radical (unpaired) electrons. The van der Waals surface area contributed by atoms with Crippen molar-refractivity contribution in [3.63, 3.8) is 0 Å². The predicted molar refractivity (Wildman–Crippen MR) is 76.0 cm³/mol. The molecule has 21 heavy (non-hydrogen) atoms. The van der Waals surface area contributed by atoms with Crippen molar-refractivity contribution in [2.24, 2.45) is 5.92 Å². The Morgan fingerprint density at radius 1 is 1.38 bits per heavy atom. The second kappa shape index (κ2) is 5.16. The number of carbonyl (C=O) groups excluding carboxylic acids is 1. The molecule has 3 rings (SSSR count). The zero-order chi connectivity index (χ0) is 15.0. The first kappa shape index (κ1) is 14.1. The molecule has 1 aromatic heterocycles. The fourth-order valence-corrected chi connectivity index (χ4v) is 3.26. The van der Waals surface area contributed by atoms with Crippen LogP contribution in [-0.2, 0) is 4.79 Å². The molecular formula is C15H21N3O3. The van der Waals surface area contributed by atoms with Crippen LogP contribution in [0.5, 0.6) is 0 Å². The van der Waals surface area contributed by atoms with Gasteiger partial charge in [0.2, 0.25) is 0 Å². The van der Waals surface area contributed by atoms with E-state index in [-0.39, 0.29) is 5.91 Å². The van der Waals surface area contributed by atoms with Gasteiger partial charge in [-0.05, 0) is 38.7 Å². The number of H-pyrrole nitrogens is 1. The van der Waals surface area contributed by atoms with Crippen LogP contribution in [0, 0.1) is 5.92 Å². The predicted octanol–water partition coefficient (Wildman–Crippen LogP) is 2.05. The van der Waals surface area contributed by atoms with E-state index in [1.807, 2.05) is 6.92 Å². The number of amides is 1. The summed E-state index contributed by atoms with van der Waals surface area (Å²) in [6, 6.07) is 1.79. The highest BCUT2D eigenvalue weighted by Gasteiger charge is 2.42. The molecule has 2 atom stereocenters. The van der Waals surface area contributed by atoms with Crippen LogP contribution in [0.25, 0.3) is 0 Å². The van der Waals surface area contributed by atoms with Crippen LogP contribution in [0.4, 0.5) is 0 Å². The number of carbonyl (C=O) groups is 2. The minimum Gasteiger partial charge on any atom is -0.481 e. The maximum Gasteiger partial charge on any atom is 0.308 e. The number of aromatic nitrogens is 2. The standard InChI is InChI=1S/C15H21N3O3/c1-15(7-3-2-4-10(15)14(20)21)16-13(19)12-8-11(17-18-12)9-5-6-9/h8-10H,2-7H2,1H3,(H,16,19)(H,17,18)(H,20,21). The Hall–Kier alpha value is -1.85. The second-order valence-electron chi connectivity index (χ2n) is 6.49. The van der Waals surface area contributed by atoms with Gasteiger partial charge in [-0.3, -0.25) is 14.7 Å². The van der Waals surface area contributed by atoms with E-state index in [9.17, 15) is 14.7 Å². The van der Waals surface area contributed by atoms with E-state index in [1.165, 1.54) is 0 Å². The summed E-state index contributed by atoms with van der Waals surface area (Å²) in [5.41, 5.74) is 0.663. The molecule has 2 saturated carbocycles. The number of hydrogen-bond donors (Lipinski definition) is 3. The van der Waals surface area contributed by atoms with Crippen LogP contribution in [0.15, 0.2) is 6.07 Å².